The quantitative estimate of drug-likeness (QED) is 0.344. The molecule has 1 rings (SSSR count). The Morgan fingerprint density at radius 3 is 2.34 bits per heavy atom. The maximum atomic E-state index is 8.78. The number of ether oxygens (including phenoxy) is 2. The number of benzene rings is 1. The van der Waals surface area contributed by atoms with Crippen molar-refractivity contribution in [1.82, 2.24) is 4.90 Å². The van der Waals surface area contributed by atoms with Crippen LogP contribution in [0.2, 0.25) is 0 Å². The Morgan fingerprint density at radius 2 is 1.66 bits per heavy atom. The van der Waals surface area contributed by atoms with E-state index in [2.05, 4.69) is 63.8 Å². The van der Waals surface area contributed by atoms with Crippen LogP contribution in [0.15, 0.2) is 18.2 Å². The minimum Gasteiger partial charge on any atom is -0.493 e. The normalized spacial score (nSPS) is 11.6. The zero-order chi connectivity index (χ0) is 21.5. The van der Waals surface area contributed by atoms with Crippen molar-refractivity contribution in [2.75, 3.05) is 39.5 Å². The number of nitriles is 1. The summed E-state index contributed by atoms with van der Waals surface area (Å²) in [5.74, 6) is 1.01. The molecule has 0 atom stereocenters. The second-order valence-corrected chi connectivity index (χ2v) is 8.87. The fourth-order valence-corrected chi connectivity index (χ4v) is 3.26. The van der Waals surface area contributed by atoms with Crippen LogP contribution in [0.5, 0.6) is 5.75 Å². The zero-order valence-corrected chi connectivity index (χ0v) is 19.4. The minimum atomic E-state index is 0.0860. The highest BCUT2D eigenvalue weighted by Crippen LogP contribution is 2.32. The second-order valence-electron chi connectivity index (χ2n) is 8.87. The SMILES string of the molecule is CCCCN(CCC#N)CCCOCCCCOc1ccc(C)cc1C(C)(C)C. The zero-order valence-electron chi connectivity index (χ0n) is 19.4. The lowest BCUT2D eigenvalue weighted by molar-refractivity contribution is 0.114. The summed E-state index contributed by atoms with van der Waals surface area (Å²) in [6.45, 7) is 16.3. The van der Waals surface area contributed by atoms with Crippen molar-refractivity contribution in [3.63, 3.8) is 0 Å². The first-order valence-electron chi connectivity index (χ1n) is 11.3. The van der Waals surface area contributed by atoms with E-state index >= 15 is 0 Å². The van der Waals surface area contributed by atoms with Crippen LogP contribution in [0.3, 0.4) is 0 Å². The number of unbranched alkanes of at least 4 members (excludes halogenated alkanes) is 2. The van der Waals surface area contributed by atoms with Gasteiger partial charge in [0.05, 0.1) is 12.7 Å². The van der Waals surface area contributed by atoms with Crippen molar-refractivity contribution in [3.8, 4) is 11.8 Å². The third-order valence-electron chi connectivity index (χ3n) is 5.01. The number of hydrogen-bond donors (Lipinski definition) is 0. The molecule has 0 unspecified atom stereocenters. The molecular formula is C25H42N2O2. The molecular weight excluding hydrogens is 360 g/mol. The van der Waals surface area contributed by atoms with E-state index in [0.717, 1.165) is 64.5 Å². The van der Waals surface area contributed by atoms with Crippen LogP contribution in [0.25, 0.3) is 0 Å². The van der Waals surface area contributed by atoms with Gasteiger partial charge in [-0.3, -0.25) is 0 Å². The molecule has 0 spiro atoms. The number of aryl methyl sites for hydroxylation is 1. The number of hydrogen-bond acceptors (Lipinski definition) is 4. The third kappa shape index (κ3) is 11.3. The molecule has 0 N–H and O–H groups in total. The molecule has 0 fully saturated rings. The summed E-state index contributed by atoms with van der Waals surface area (Å²) in [6.07, 6.45) is 6.06. The fraction of sp³-hybridized carbons (Fsp3) is 0.720. The van der Waals surface area contributed by atoms with Crippen molar-refractivity contribution in [2.45, 2.75) is 78.6 Å². The molecule has 29 heavy (non-hydrogen) atoms. The van der Waals surface area contributed by atoms with E-state index in [4.69, 9.17) is 14.7 Å². The molecule has 0 heterocycles. The van der Waals surface area contributed by atoms with Crippen LogP contribution < -0.4 is 4.74 Å². The summed E-state index contributed by atoms with van der Waals surface area (Å²) in [6, 6.07) is 8.70. The van der Waals surface area contributed by atoms with E-state index in [1.807, 2.05) is 0 Å². The molecule has 1 aromatic carbocycles. The highest BCUT2D eigenvalue weighted by atomic mass is 16.5. The molecule has 0 bridgehead atoms. The molecule has 0 saturated heterocycles. The summed E-state index contributed by atoms with van der Waals surface area (Å²) in [4.78, 5) is 2.39. The second kappa shape index (κ2) is 14.4. The van der Waals surface area contributed by atoms with Crippen molar-refractivity contribution >= 4 is 0 Å². The monoisotopic (exact) mass is 402 g/mol. The highest BCUT2D eigenvalue weighted by Gasteiger charge is 2.19. The van der Waals surface area contributed by atoms with Gasteiger partial charge in [0.15, 0.2) is 0 Å². The lowest BCUT2D eigenvalue weighted by atomic mass is 9.85. The van der Waals surface area contributed by atoms with E-state index in [0.29, 0.717) is 6.42 Å². The molecule has 4 nitrogen and oxygen atoms in total. The Bertz CT molecular complexity index is 602. The first kappa shape index (κ1) is 25.5. The molecule has 0 aliphatic rings. The van der Waals surface area contributed by atoms with Crippen LogP contribution in [-0.4, -0.2) is 44.4 Å². The van der Waals surface area contributed by atoms with Gasteiger partial charge in [0, 0.05) is 32.7 Å². The molecule has 0 radical (unpaired) electrons. The third-order valence-corrected chi connectivity index (χ3v) is 5.01. The van der Waals surface area contributed by atoms with Crippen LogP contribution >= 0.6 is 0 Å². The van der Waals surface area contributed by atoms with Gasteiger partial charge in [0.1, 0.15) is 5.75 Å². The molecule has 1 aromatic rings. The first-order valence-corrected chi connectivity index (χ1v) is 11.3. The Balaban J connectivity index is 2.17. The van der Waals surface area contributed by atoms with E-state index in [1.54, 1.807) is 0 Å². The maximum Gasteiger partial charge on any atom is 0.123 e. The summed E-state index contributed by atoms with van der Waals surface area (Å²) >= 11 is 0. The molecule has 4 heteroatoms. The minimum absolute atomic E-state index is 0.0860. The lowest BCUT2D eigenvalue weighted by Crippen LogP contribution is -2.27. The molecule has 0 saturated carbocycles. The smallest absolute Gasteiger partial charge is 0.123 e. The predicted molar refractivity (Wildman–Crippen MR) is 122 cm³/mol. The standard InChI is InChI=1S/C25H42N2O2/c1-6-7-15-27(16-10-14-26)17-11-19-28-18-8-9-20-29-24-13-12-22(2)21-23(24)25(3,4)5/h12-13,21H,6-11,15-20H2,1-5H3. The summed E-state index contributed by atoms with van der Waals surface area (Å²) in [7, 11) is 0. The topological polar surface area (TPSA) is 45.5 Å². The molecule has 0 aliphatic heterocycles. The number of rotatable bonds is 15. The van der Waals surface area contributed by atoms with E-state index in [9.17, 15) is 0 Å². The van der Waals surface area contributed by atoms with Crippen LogP contribution in [0.1, 0.15) is 77.3 Å². The summed E-state index contributed by atoms with van der Waals surface area (Å²) in [5, 5.41) is 8.78. The Labute approximate surface area is 179 Å². The van der Waals surface area contributed by atoms with Gasteiger partial charge in [0.25, 0.3) is 0 Å². The molecule has 0 aliphatic carbocycles. The van der Waals surface area contributed by atoms with Crippen molar-refractivity contribution in [3.05, 3.63) is 29.3 Å². The van der Waals surface area contributed by atoms with Crippen molar-refractivity contribution < 1.29 is 9.47 Å². The van der Waals surface area contributed by atoms with Gasteiger partial charge < -0.3 is 14.4 Å². The molecule has 164 valence electrons. The van der Waals surface area contributed by atoms with E-state index in [1.165, 1.54) is 24.0 Å². The maximum absolute atomic E-state index is 8.78. The predicted octanol–water partition coefficient (Wildman–Crippen LogP) is 5.87. The summed E-state index contributed by atoms with van der Waals surface area (Å²) in [5.41, 5.74) is 2.64. The van der Waals surface area contributed by atoms with Crippen molar-refractivity contribution in [2.24, 2.45) is 0 Å². The average Bonchev–Trinajstić information content (AvgIpc) is 2.68. The van der Waals surface area contributed by atoms with E-state index < -0.39 is 0 Å². The Hall–Kier alpha value is -1.57. The Kier molecular flexibility index (Phi) is 12.7. The largest absolute Gasteiger partial charge is 0.493 e. The van der Waals surface area contributed by atoms with Crippen LogP contribution in [0, 0.1) is 18.3 Å². The van der Waals surface area contributed by atoms with Gasteiger partial charge in [-0.05, 0) is 56.2 Å². The molecule has 0 aromatic heterocycles. The Morgan fingerprint density at radius 1 is 0.966 bits per heavy atom. The summed E-state index contributed by atoms with van der Waals surface area (Å²) < 4.78 is 11.9. The van der Waals surface area contributed by atoms with Gasteiger partial charge in [-0.1, -0.05) is 51.8 Å². The highest BCUT2D eigenvalue weighted by molar-refractivity contribution is 5.41. The number of nitrogens with zero attached hydrogens (tertiary/aromatic N) is 2. The lowest BCUT2D eigenvalue weighted by Gasteiger charge is -2.23. The van der Waals surface area contributed by atoms with Gasteiger partial charge in [0.2, 0.25) is 0 Å². The first-order chi connectivity index (χ1) is 13.9. The van der Waals surface area contributed by atoms with Gasteiger partial charge in [-0.15, -0.1) is 0 Å². The fourth-order valence-electron chi connectivity index (χ4n) is 3.26. The molecule has 0 amide bonds. The van der Waals surface area contributed by atoms with Gasteiger partial charge >= 0.3 is 0 Å². The van der Waals surface area contributed by atoms with Crippen LogP contribution in [0.4, 0.5) is 0 Å². The van der Waals surface area contributed by atoms with Gasteiger partial charge in [-0.25, -0.2) is 0 Å². The average molecular weight is 403 g/mol. The van der Waals surface area contributed by atoms with Gasteiger partial charge in [-0.2, -0.15) is 5.26 Å². The van der Waals surface area contributed by atoms with Crippen molar-refractivity contribution in [1.29, 1.82) is 5.26 Å². The van der Waals surface area contributed by atoms with E-state index in [-0.39, 0.29) is 5.41 Å². The van der Waals surface area contributed by atoms with Crippen LogP contribution in [-0.2, 0) is 10.2 Å².